The zero-order chi connectivity index (χ0) is 14.8. The molecule has 0 saturated heterocycles. The summed E-state index contributed by atoms with van der Waals surface area (Å²) in [6.07, 6.45) is -4.51. The molecular weight excluding hydrogens is 269 g/mol. The van der Waals surface area contributed by atoms with E-state index in [1.54, 1.807) is 30.3 Å². The molecule has 0 N–H and O–H groups in total. The van der Waals surface area contributed by atoms with Crippen molar-refractivity contribution in [2.24, 2.45) is 0 Å². The highest BCUT2D eigenvalue weighted by molar-refractivity contribution is 5.73. The van der Waals surface area contributed by atoms with Gasteiger partial charge in [0.15, 0.2) is 0 Å². The molecule has 0 saturated carbocycles. The van der Waals surface area contributed by atoms with Crippen molar-refractivity contribution in [3.63, 3.8) is 0 Å². The molecule has 0 aliphatic rings. The van der Waals surface area contributed by atoms with Crippen molar-refractivity contribution >= 4 is 0 Å². The average Bonchev–Trinajstić information content (AvgIpc) is 2.45. The summed E-state index contributed by atoms with van der Waals surface area (Å²) in [6.45, 7) is 0. The number of halogens is 3. The summed E-state index contributed by atoms with van der Waals surface area (Å²) in [5.74, 6) is 0.0596. The van der Waals surface area contributed by atoms with Crippen molar-refractivity contribution in [3.05, 3.63) is 48.0 Å². The summed E-state index contributed by atoms with van der Waals surface area (Å²) in [5.41, 5.74) is -0.307. The first-order valence-electron chi connectivity index (χ1n) is 5.86. The van der Waals surface area contributed by atoms with E-state index in [-0.39, 0.29) is 11.3 Å². The molecule has 0 heterocycles. The number of benzene rings is 2. The van der Waals surface area contributed by atoms with Crippen LogP contribution in [0.25, 0.3) is 11.1 Å². The summed E-state index contributed by atoms with van der Waals surface area (Å²) < 4.78 is 49.8. The molecule has 0 amide bonds. The van der Waals surface area contributed by atoms with Gasteiger partial charge in [-0.25, -0.2) is 0 Å². The molecule has 0 fully saturated rings. The molecule has 0 aliphatic heterocycles. The monoisotopic (exact) mass is 282 g/mol. The number of hydrogen-bond donors (Lipinski definition) is 0. The van der Waals surface area contributed by atoms with E-state index in [1.807, 2.05) is 0 Å². The highest BCUT2D eigenvalue weighted by Gasteiger charge is 2.38. The fourth-order valence-electron chi connectivity index (χ4n) is 2.01. The second-order valence-electron chi connectivity index (χ2n) is 4.12. The van der Waals surface area contributed by atoms with Gasteiger partial charge in [-0.2, -0.15) is 13.2 Å². The zero-order valence-electron chi connectivity index (χ0n) is 11.0. The van der Waals surface area contributed by atoms with Crippen molar-refractivity contribution < 1.29 is 22.6 Å². The molecule has 0 spiro atoms. The van der Waals surface area contributed by atoms with Crippen LogP contribution in [-0.4, -0.2) is 14.2 Å². The molecule has 2 rings (SSSR count). The molecular formula is C15H13F3O2. The van der Waals surface area contributed by atoms with Gasteiger partial charge in [0.1, 0.15) is 17.1 Å². The Balaban J connectivity index is 2.76. The minimum absolute atomic E-state index is 0.0364. The van der Waals surface area contributed by atoms with E-state index in [0.29, 0.717) is 11.3 Å². The van der Waals surface area contributed by atoms with Gasteiger partial charge in [0, 0.05) is 11.6 Å². The fraction of sp³-hybridized carbons (Fsp3) is 0.200. The molecule has 5 heteroatoms. The van der Waals surface area contributed by atoms with E-state index in [1.165, 1.54) is 26.4 Å². The first kappa shape index (κ1) is 14.2. The van der Waals surface area contributed by atoms with E-state index in [2.05, 4.69) is 0 Å². The second-order valence-corrected chi connectivity index (χ2v) is 4.12. The molecule has 106 valence electrons. The van der Waals surface area contributed by atoms with Crippen molar-refractivity contribution in [3.8, 4) is 22.6 Å². The molecule has 0 aromatic heterocycles. The normalized spacial score (nSPS) is 11.2. The SMILES string of the molecule is COc1cc(OC)c(C(F)(F)F)c(-c2ccccc2)c1. The van der Waals surface area contributed by atoms with Gasteiger partial charge in [0.2, 0.25) is 0 Å². The minimum Gasteiger partial charge on any atom is -0.497 e. The van der Waals surface area contributed by atoms with E-state index < -0.39 is 11.7 Å². The summed E-state index contributed by atoms with van der Waals surface area (Å²) in [4.78, 5) is 0. The largest absolute Gasteiger partial charge is 0.497 e. The number of ether oxygens (including phenoxy) is 2. The lowest BCUT2D eigenvalue weighted by atomic mass is 9.98. The smallest absolute Gasteiger partial charge is 0.420 e. The van der Waals surface area contributed by atoms with E-state index >= 15 is 0 Å². The fourth-order valence-corrected chi connectivity index (χ4v) is 2.01. The summed E-state index contributed by atoms with van der Waals surface area (Å²) in [7, 11) is 2.61. The van der Waals surface area contributed by atoms with Crippen LogP contribution in [0.4, 0.5) is 13.2 Å². The Labute approximate surface area is 114 Å². The Morgan fingerprint density at radius 3 is 2.05 bits per heavy atom. The van der Waals surface area contributed by atoms with Crippen LogP contribution in [0.3, 0.4) is 0 Å². The lowest BCUT2D eigenvalue weighted by Crippen LogP contribution is -2.10. The third-order valence-electron chi connectivity index (χ3n) is 2.90. The maximum Gasteiger partial charge on any atom is 0.420 e. The van der Waals surface area contributed by atoms with Crippen molar-refractivity contribution in [2.75, 3.05) is 14.2 Å². The Hall–Kier alpha value is -2.17. The first-order valence-corrected chi connectivity index (χ1v) is 5.86. The Bertz CT molecular complexity index is 592. The molecule has 0 radical (unpaired) electrons. The van der Waals surface area contributed by atoms with Gasteiger partial charge in [-0.05, 0) is 11.6 Å². The lowest BCUT2D eigenvalue weighted by molar-refractivity contribution is -0.138. The van der Waals surface area contributed by atoms with Crippen molar-refractivity contribution in [1.82, 2.24) is 0 Å². The van der Waals surface area contributed by atoms with Gasteiger partial charge >= 0.3 is 6.18 Å². The van der Waals surface area contributed by atoms with Gasteiger partial charge in [-0.3, -0.25) is 0 Å². The molecule has 2 aromatic carbocycles. The molecule has 0 aliphatic carbocycles. The van der Waals surface area contributed by atoms with Crippen molar-refractivity contribution in [1.29, 1.82) is 0 Å². The standard InChI is InChI=1S/C15H13F3O2/c1-19-11-8-12(10-6-4-3-5-7-10)14(15(16,17)18)13(9-11)20-2/h3-9H,1-2H3. The highest BCUT2D eigenvalue weighted by Crippen LogP contribution is 2.44. The molecule has 2 aromatic rings. The summed E-state index contributed by atoms with van der Waals surface area (Å²) >= 11 is 0. The number of methoxy groups -OCH3 is 2. The average molecular weight is 282 g/mol. The molecule has 0 bridgehead atoms. The van der Waals surface area contributed by atoms with Crippen LogP contribution < -0.4 is 9.47 Å². The van der Waals surface area contributed by atoms with Gasteiger partial charge in [-0.15, -0.1) is 0 Å². The Kier molecular flexibility index (Phi) is 3.88. The van der Waals surface area contributed by atoms with Crippen molar-refractivity contribution in [2.45, 2.75) is 6.18 Å². The summed E-state index contributed by atoms with van der Waals surface area (Å²) in [5, 5.41) is 0. The van der Waals surface area contributed by atoms with Gasteiger partial charge < -0.3 is 9.47 Å². The predicted molar refractivity (Wildman–Crippen MR) is 70.0 cm³/mol. The van der Waals surface area contributed by atoms with Crippen LogP contribution in [0.1, 0.15) is 5.56 Å². The second kappa shape index (κ2) is 5.45. The molecule has 2 nitrogen and oxygen atoms in total. The van der Waals surface area contributed by atoms with Crippen LogP contribution in [0.5, 0.6) is 11.5 Å². The number of rotatable bonds is 3. The topological polar surface area (TPSA) is 18.5 Å². The minimum atomic E-state index is -4.51. The Morgan fingerprint density at radius 2 is 1.55 bits per heavy atom. The molecule has 0 atom stereocenters. The molecule has 0 unspecified atom stereocenters. The third kappa shape index (κ3) is 2.71. The first-order chi connectivity index (χ1) is 9.47. The summed E-state index contributed by atoms with van der Waals surface area (Å²) in [6, 6.07) is 10.9. The van der Waals surface area contributed by atoms with Crippen LogP contribution in [-0.2, 0) is 6.18 Å². The number of hydrogen-bond acceptors (Lipinski definition) is 2. The maximum absolute atomic E-state index is 13.3. The number of alkyl halides is 3. The van der Waals surface area contributed by atoms with Gasteiger partial charge in [0.25, 0.3) is 0 Å². The quantitative estimate of drug-likeness (QED) is 0.831. The van der Waals surface area contributed by atoms with Gasteiger partial charge in [0.05, 0.1) is 14.2 Å². The third-order valence-corrected chi connectivity index (χ3v) is 2.90. The zero-order valence-corrected chi connectivity index (χ0v) is 11.0. The van der Waals surface area contributed by atoms with Crippen LogP contribution in [0.15, 0.2) is 42.5 Å². The molecule has 20 heavy (non-hydrogen) atoms. The predicted octanol–water partition coefficient (Wildman–Crippen LogP) is 4.39. The van der Waals surface area contributed by atoms with Crippen LogP contribution >= 0.6 is 0 Å². The van der Waals surface area contributed by atoms with Gasteiger partial charge in [-0.1, -0.05) is 30.3 Å². The van der Waals surface area contributed by atoms with Crippen LogP contribution in [0.2, 0.25) is 0 Å². The highest BCUT2D eigenvalue weighted by atomic mass is 19.4. The Morgan fingerprint density at radius 1 is 0.900 bits per heavy atom. The maximum atomic E-state index is 13.3. The lowest BCUT2D eigenvalue weighted by Gasteiger charge is -2.18. The van der Waals surface area contributed by atoms with Crippen LogP contribution in [0, 0.1) is 0 Å². The van der Waals surface area contributed by atoms with E-state index in [0.717, 1.165) is 0 Å². The van der Waals surface area contributed by atoms with E-state index in [9.17, 15) is 13.2 Å². The van der Waals surface area contributed by atoms with E-state index in [4.69, 9.17) is 9.47 Å².